The molecule has 0 bridgehead atoms. The molecule has 118 valence electrons. The summed E-state index contributed by atoms with van der Waals surface area (Å²) in [5.41, 5.74) is 7.00. The van der Waals surface area contributed by atoms with Gasteiger partial charge in [-0.3, -0.25) is 4.79 Å². The summed E-state index contributed by atoms with van der Waals surface area (Å²) in [5.74, 6) is 1.43. The van der Waals surface area contributed by atoms with Crippen LogP contribution in [0.15, 0.2) is 41.3 Å². The minimum Gasteiger partial charge on any atom is -1.00 e. The molecule has 6 nitrogen and oxygen atoms in total. The highest BCUT2D eigenvalue weighted by Gasteiger charge is 2.27. The molecule has 7 heteroatoms. The zero-order valence-electron chi connectivity index (χ0n) is 13.1. The average Bonchev–Trinajstić information content (AvgIpc) is 2.49. The second-order valence-electron chi connectivity index (χ2n) is 5.03. The van der Waals surface area contributed by atoms with Crippen LogP contribution in [0.25, 0.3) is 0 Å². The fourth-order valence-electron chi connectivity index (χ4n) is 2.52. The smallest absolute Gasteiger partial charge is 1.00 e. The molecule has 2 aromatic rings. The summed E-state index contributed by atoms with van der Waals surface area (Å²) in [7, 11) is 1.61. The third-order valence-electron chi connectivity index (χ3n) is 3.59. The summed E-state index contributed by atoms with van der Waals surface area (Å²) < 4.78 is 12.5. The van der Waals surface area contributed by atoms with E-state index in [1.165, 1.54) is 10.7 Å². The van der Waals surface area contributed by atoms with Crippen LogP contribution in [0.3, 0.4) is 0 Å². The van der Waals surface area contributed by atoms with Crippen molar-refractivity contribution in [3.05, 3.63) is 52.4 Å². The number of fused-ring (bicyclic) bond motifs is 1. The number of benzene rings is 1. The summed E-state index contributed by atoms with van der Waals surface area (Å²) in [5, 5.41) is 4.05. The Hall–Kier alpha value is -2.05. The Bertz CT molecular complexity index is 710. The molecule has 1 aliphatic rings. The first-order chi connectivity index (χ1) is 10.2. The average molecular weight is 324 g/mol. The minimum absolute atomic E-state index is 0. The molecule has 1 aromatic heterocycles. The van der Waals surface area contributed by atoms with Crippen LogP contribution in [0.1, 0.15) is 19.5 Å². The van der Waals surface area contributed by atoms with E-state index in [1.807, 2.05) is 18.2 Å². The SMILES string of the molecule is COc1ccc2c(c1)O[C@@H](Cn1ncccc1=O)C[C@H]2N.[Cl-].[H+]. The molecule has 3 rings (SSSR count). The van der Waals surface area contributed by atoms with Gasteiger partial charge in [0, 0.05) is 36.4 Å². The Morgan fingerprint density at radius 1 is 1.50 bits per heavy atom. The van der Waals surface area contributed by atoms with Gasteiger partial charge in [0.05, 0.1) is 13.7 Å². The van der Waals surface area contributed by atoms with Gasteiger partial charge in [-0.15, -0.1) is 0 Å². The summed E-state index contributed by atoms with van der Waals surface area (Å²) in [6.45, 7) is 0.379. The highest BCUT2D eigenvalue weighted by Crippen LogP contribution is 2.36. The predicted octanol–water partition coefficient (Wildman–Crippen LogP) is -1.78. The van der Waals surface area contributed by atoms with Gasteiger partial charge in [0.25, 0.3) is 5.56 Å². The van der Waals surface area contributed by atoms with Crippen LogP contribution in [0.5, 0.6) is 11.5 Å². The van der Waals surface area contributed by atoms with E-state index in [4.69, 9.17) is 15.2 Å². The number of hydrogen-bond acceptors (Lipinski definition) is 5. The van der Waals surface area contributed by atoms with Crippen molar-refractivity contribution in [1.29, 1.82) is 0 Å². The molecule has 0 aliphatic carbocycles. The highest BCUT2D eigenvalue weighted by molar-refractivity contribution is 5.43. The molecule has 1 aliphatic heterocycles. The molecule has 0 saturated heterocycles. The van der Waals surface area contributed by atoms with Crippen LogP contribution in [0.2, 0.25) is 0 Å². The number of rotatable bonds is 3. The first kappa shape index (κ1) is 16.3. The lowest BCUT2D eigenvalue weighted by molar-refractivity contribution is -0.00000650. The van der Waals surface area contributed by atoms with E-state index < -0.39 is 0 Å². The van der Waals surface area contributed by atoms with Crippen LogP contribution in [0.4, 0.5) is 0 Å². The van der Waals surface area contributed by atoms with Crippen molar-refractivity contribution in [1.82, 2.24) is 9.78 Å². The molecule has 0 fully saturated rings. The van der Waals surface area contributed by atoms with E-state index in [0.717, 1.165) is 11.3 Å². The molecule has 2 heterocycles. The van der Waals surface area contributed by atoms with E-state index in [0.29, 0.717) is 18.7 Å². The lowest BCUT2D eigenvalue weighted by atomic mass is 9.97. The van der Waals surface area contributed by atoms with Crippen molar-refractivity contribution < 1.29 is 23.3 Å². The highest BCUT2D eigenvalue weighted by atomic mass is 35.5. The number of nitrogens with two attached hydrogens (primary N) is 1. The fraction of sp³-hybridized carbons (Fsp3) is 0.333. The first-order valence-electron chi connectivity index (χ1n) is 6.79. The molecule has 2 N–H and O–H groups in total. The summed E-state index contributed by atoms with van der Waals surface area (Å²) in [6, 6.07) is 8.58. The topological polar surface area (TPSA) is 79.4 Å². The maximum Gasteiger partial charge on any atom is 1.00 e. The van der Waals surface area contributed by atoms with Gasteiger partial charge >= 0.3 is 1.43 Å². The zero-order valence-corrected chi connectivity index (χ0v) is 12.9. The quantitative estimate of drug-likeness (QED) is 0.722. The molecular formula is C15H18ClN3O3. The summed E-state index contributed by atoms with van der Waals surface area (Å²) >= 11 is 0. The normalized spacial score (nSPS) is 19.5. The molecule has 0 spiro atoms. The van der Waals surface area contributed by atoms with Crippen molar-refractivity contribution >= 4 is 0 Å². The molecule has 0 radical (unpaired) electrons. The number of aromatic nitrogens is 2. The standard InChI is InChI=1S/C15H17N3O3.ClH/c1-20-10-4-5-12-13(16)7-11(21-14(12)8-10)9-18-15(19)3-2-6-17-18;/h2-6,8,11,13H,7,9,16H2,1H3;1H/t11-,13-;/m1./s1. The Morgan fingerprint density at radius 2 is 2.32 bits per heavy atom. The van der Waals surface area contributed by atoms with E-state index in [1.54, 1.807) is 19.4 Å². The molecular weight excluding hydrogens is 306 g/mol. The van der Waals surface area contributed by atoms with Crippen LogP contribution in [-0.4, -0.2) is 23.0 Å². The van der Waals surface area contributed by atoms with Gasteiger partial charge in [0.15, 0.2) is 0 Å². The van der Waals surface area contributed by atoms with Crippen molar-refractivity contribution in [2.45, 2.75) is 25.1 Å². The zero-order chi connectivity index (χ0) is 14.8. The minimum atomic E-state index is -0.188. The van der Waals surface area contributed by atoms with Crippen LogP contribution < -0.4 is 33.2 Å². The van der Waals surface area contributed by atoms with E-state index >= 15 is 0 Å². The van der Waals surface area contributed by atoms with Crippen LogP contribution in [0, 0.1) is 0 Å². The van der Waals surface area contributed by atoms with Crippen LogP contribution >= 0.6 is 0 Å². The van der Waals surface area contributed by atoms with Crippen molar-refractivity contribution in [3.8, 4) is 11.5 Å². The van der Waals surface area contributed by atoms with Crippen LogP contribution in [-0.2, 0) is 6.54 Å². The number of halogens is 1. The largest absolute Gasteiger partial charge is 1.00 e. The fourth-order valence-corrected chi connectivity index (χ4v) is 2.52. The maximum absolute atomic E-state index is 11.7. The lowest BCUT2D eigenvalue weighted by Crippen LogP contribution is -3.00. The number of nitrogens with zero attached hydrogens (tertiary/aromatic N) is 2. The van der Waals surface area contributed by atoms with Gasteiger partial charge < -0.3 is 27.6 Å². The van der Waals surface area contributed by atoms with Gasteiger partial charge in [-0.2, -0.15) is 5.10 Å². The number of methoxy groups -OCH3 is 1. The molecule has 2 atom stereocenters. The molecule has 22 heavy (non-hydrogen) atoms. The van der Waals surface area contributed by atoms with Crippen molar-refractivity contribution in [2.24, 2.45) is 5.73 Å². The van der Waals surface area contributed by atoms with Gasteiger partial charge in [-0.1, -0.05) is 6.07 Å². The third kappa shape index (κ3) is 3.23. The molecule has 1 aromatic carbocycles. The number of hydrogen-bond donors (Lipinski definition) is 1. The summed E-state index contributed by atoms with van der Waals surface area (Å²) in [4.78, 5) is 11.7. The Balaban J connectivity index is 0.00000132. The lowest BCUT2D eigenvalue weighted by Gasteiger charge is -2.30. The van der Waals surface area contributed by atoms with Gasteiger partial charge in [0.2, 0.25) is 0 Å². The summed E-state index contributed by atoms with van der Waals surface area (Å²) in [6.07, 6.45) is 2.04. The second kappa shape index (κ2) is 6.81. The van der Waals surface area contributed by atoms with Gasteiger partial charge in [-0.05, 0) is 12.1 Å². The van der Waals surface area contributed by atoms with Gasteiger partial charge in [-0.25, -0.2) is 4.68 Å². The maximum atomic E-state index is 11.7. The predicted molar refractivity (Wildman–Crippen MR) is 78.6 cm³/mol. The van der Waals surface area contributed by atoms with Gasteiger partial charge in [0.1, 0.15) is 17.6 Å². The second-order valence-corrected chi connectivity index (χ2v) is 5.03. The van der Waals surface area contributed by atoms with E-state index in [-0.39, 0.29) is 31.5 Å². The first-order valence-corrected chi connectivity index (χ1v) is 6.79. The molecule has 0 unspecified atom stereocenters. The number of ether oxygens (including phenoxy) is 2. The third-order valence-corrected chi connectivity index (χ3v) is 3.59. The molecule has 0 amide bonds. The van der Waals surface area contributed by atoms with Crippen molar-refractivity contribution in [2.75, 3.05) is 7.11 Å². The Kier molecular flexibility index (Phi) is 5.05. The molecule has 0 saturated carbocycles. The van der Waals surface area contributed by atoms with E-state index in [9.17, 15) is 4.79 Å². The Morgan fingerprint density at radius 3 is 3.05 bits per heavy atom. The van der Waals surface area contributed by atoms with E-state index in [2.05, 4.69) is 5.10 Å². The van der Waals surface area contributed by atoms with Crippen molar-refractivity contribution in [3.63, 3.8) is 0 Å². The Labute approximate surface area is 135 Å². The monoisotopic (exact) mass is 323 g/mol.